The maximum atomic E-state index is 10.6. The molecular weight excluding hydrogens is 317 g/mol. The highest BCUT2D eigenvalue weighted by molar-refractivity contribution is 7.10. The molecule has 1 aromatic heterocycles. The minimum absolute atomic E-state index is 0.108. The Balaban J connectivity index is 2.40. The fraction of sp³-hybridized carbons (Fsp3) is 0.0909. The molecule has 0 amide bonds. The van der Waals surface area contributed by atoms with Gasteiger partial charge in [-0.25, -0.2) is 4.98 Å². The molecule has 0 atom stereocenters. The third-order valence-electron chi connectivity index (χ3n) is 2.17. The van der Waals surface area contributed by atoms with E-state index < -0.39 is 5.97 Å². The van der Waals surface area contributed by atoms with Crippen LogP contribution in [-0.4, -0.2) is 16.1 Å². The number of aromatic nitrogens is 1. The van der Waals surface area contributed by atoms with Crippen molar-refractivity contribution in [3.05, 3.63) is 37.6 Å². The Bertz CT molecular complexity index is 612. The van der Waals surface area contributed by atoms with Gasteiger partial charge in [0.25, 0.3) is 0 Å². The van der Waals surface area contributed by atoms with E-state index in [2.05, 4.69) is 4.98 Å². The van der Waals surface area contributed by atoms with Gasteiger partial charge in [-0.3, -0.25) is 4.79 Å². The van der Waals surface area contributed by atoms with E-state index in [9.17, 15) is 4.79 Å². The zero-order chi connectivity index (χ0) is 13.3. The number of benzene rings is 1. The molecule has 0 spiro atoms. The Morgan fingerprint density at radius 1 is 1.28 bits per heavy atom. The van der Waals surface area contributed by atoms with E-state index in [1.54, 1.807) is 17.5 Å². The minimum atomic E-state index is -0.920. The van der Waals surface area contributed by atoms with Crippen LogP contribution in [0.3, 0.4) is 0 Å². The third kappa shape index (κ3) is 2.78. The molecule has 0 saturated carbocycles. The van der Waals surface area contributed by atoms with Crippen molar-refractivity contribution in [2.75, 3.05) is 0 Å². The molecule has 2 aromatic rings. The fourth-order valence-corrected chi connectivity index (χ4v) is 2.79. The van der Waals surface area contributed by atoms with Crippen LogP contribution in [0.1, 0.15) is 5.01 Å². The molecule has 0 radical (unpaired) electrons. The summed E-state index contributed by atoms with van der Waals surface area (Å²) in [7, 11) is 0. The molecule has 0 aliphatic heterocycles. The van der Waals surface area contributed by atoms with Crippen LogP contribution in [-0.2, 0) is 11.2 Å². The summed E-state index contributed by atoms with van der Waals surface area (Å²) in [6.07, 6.45) is -0.108. The second kappa shape index (κ2) is 5.45. The van der Waals surface area contributed by atoms with Crippen LogP contribution in [0.15, 0.2) is 17.5 Å². The average molecular weight is 323 g/mol. The lowest BCUT2D eigenvalue weighted by atomic mass is 10.2. The highest BCUT2D eigenvalue weighted by atomic mass is 35.5. The summed E-state index contributed by atoms with van der Waals surface area (Å²) in [5.41, 5.74) is 1.23. The van der Waals surface area contributed by atoms with E-state index in [0.29, 0.717) is 26.3 Å². The molecule has 0 aliphatic carbocycles. The molecule has 0 aliphatic rings. The number of nitrogens with zero attached hydrogens (tertiary/aromatic N) is 1. The molecule has 1 heterocycles. The van der Waals surface area contributed by atoms with Gasteiger partial charge in [-0.15, -0.1) is 11.3 Å². The normalized spacial score (nSPS) is 10.6. The van der Waals surface area contributed by atoms with Gasteiger partial charge in [0.1, 0.15) is 5.01 Å². The van der Waals surface area contributed by atoms with E-state index in [0.717, 1.165) is 0 Å². The van der Waals surface area contributed by atoms with Crippen LogP contribution in [0.4, 0.5) is 0 Å². The molecule has 0 unspecified atom stereocenters. The number of halogens is 3. The molecular formula is C11H6Cl3NO2S. The first-order valence-corrected chi connectivity index (χ1v) is 6.80. The highest BCUT2D eigenvalue weighted by Crippen LogP contribution is 2.38. The van der Waals surface area contributed by atoms with Gasteiger partial charge in [-0.2, -0.15) is 0 Å². The largest absolute Gasteiger partial charge is 0.481 e. The number of rotatable bonds is 3. The van der Waals surface area contributed by atoms with Gasteiger partial charge >= 0.3 is 5.97 Å². The van der Waals surface area contributed by atoms with Gasteiger partial charge in [-0.05, 0) is 12.1 Å². The Hall–Kier alpha value is -0.810. The van der Waals surface area contributed by atoms with Crippen molar-refractivity contribution < 1.29 is 9.90 Å². The van der Waals surface area contributed by atoms with Crippen LogP contribution < -0.4 is 0 Å². The van der Waals surface area contributed by atoms with Crippen LogP contribution in [0.5, 0.6) is 0 Å². The lowest BCUT2D eigenvalue weighted by molar-refractivity contribution is -0.136. The van der Waals surface area contributed by atoms with E-state index in [1.807, 2.05) is 0 Å². The number of thiazole rings is 1. The summed E-state index contributed by atoms with van der Waals surface area (Å²) in [6.45, 7) is 0. The number of carboxylic acids is 1. The summed E-state index contributed by atoms with van der Waals surface area (Å²) in [5.74, 6) is -0.920. The SMILES string of the molecule is O=C(O)Cc1nc(-c2ccc(Cl)c(Cl)c2Cl)cs1. The van der Waals surface area contributed by atoms with Crippen LogP contribution in [0.25, 0.3) is 11.3 Å². The van der Waals surface area contributed by atoms with Gasteiger partial charge in [0.05, 0.1) is 27.2 Å². The Morgan fingerprint density at radius 2 is 2.00 bits per heavy atom. The summed E-state index contributed by atoms with van der Waals surface area (Å²) in [6, 6.07) is 3.33. The summed E-state index contributed by atoms with van der Waals surface area (Å²) in [4.78, 5) is 14.8. The molecule has 18 heavy (non-hydrogen) atoms. The minimum Gasteiger partial charge on any atom is -0.481 e. The van der Waals surface area contributed by atoms with Crippen molar-refractivity contribution >= 4 is 52.1 Å². The lowest BCUT2D eigenvalue weighted by Crippen LogP contribution is -1.99. The van der Waals surface area contributed by atoms with E-state index in [4.69, 9.17) is 39.9 Å². The molecule has 2 rings (SSSR count). The topological polar surface area (TPSA) is 50.2 Å². The number of hydrogen-bond donors (Lipinski definition) is 1. The van der Waals surface area contributed by atoms with Gasteiger partial charge in [-0.1, -0.05) is 34.8 Å². The van der Waals surface area contributed by atoms with Gasteiger partial charge in [0.15, 0.2) is 0 Å². The van der Waals surface area contributed by atoms with Crippen LogP contribution in [0.2, 0.25) is 15.1 Å². The monoisotopic (exact) mass is 321 g/mol. The summed E-state index contributed by atoms with van der Waals surface area (Å²) < 4.78 is 0. The number of aliphatic carboxylic acids is 1. The second-order valence-corrected chi connectivity index (χ2v) is 5.53. The Morgan fingerprint density at radius 3 is 2.67 bits per heavy atom. The quantitative estimate of drug-likeness (QED) is 0.852. The van der Waals surface area contributed by atoms with Crippen molar-refractivity contribution in [3.63, 3.8) is 0 Å². The van der Waals surface area contributed by atoms with E-state index in [-0.39, 0.29) is 11.4 Å². The predicted octanol–water partition coefficient (Wildman–Crippen LogP) is 4.40. The maximum Gasteiger partial charge on any atom is 0.310 e. The number of hydrogen-bond acceptors (Lipinski definition) is 3. The number of carbonyl (C=O) groups is 1. The first kappa shape index (κ1) is 13.6. The first-order valence-electron chi connectivity index (χ1n) is 4.79. The van der Waals surface area contributed by atoms with Gasteiger partial charge in [0, 0.05) is 10.9 Å². The molecule has 1 N–H and O–H groups in total. The van der Waals surface area contributed by atoms with Crippen molar-refractivity contribution in [1.29, 1.82) is 0 Å². The van der Waals surface area contributed by atoms with E-state index in [1.165, 1.54) is 11.3 Å². The maximum absolute atomic E-state index is 10.6. The van der Waals surface area contributed by atoms with Gasteiger partial charge in [0.2, 0.25) is 0 Å². The molecule has 94 valence electrons. The lowest BCUT2D eigenvalue weighted by Gasteiger charge is -2.04. The average Bonchev–Trinajstić information content (AvgIpc) is 2.73. The van der Waals surface area contributed by atoms with Crippen molar-refractivity contribution in [2.45, 2.75) is 6.42 Å². The fourth-order valence-electron chi connectivity index (χ4n) is 1.37. The second-order valence-electron chi connectivity index (χ2n) is 3.42. The smallest absolute Gasteiger partial charge is 0.310 e. The molecule has 0 saturated heterocycles. The van der Waals surface area contributed by atoms with Crippen LogP contribution >= 0.6 is 46.1 Å². The number of carboxylic acid groups (broad SMARTS) is 1. The van der Waals surface area contributed by atoms with Gasteiger partial charge < -0.3 is 5.11 Å². The molecule has 0 bridgehead atoms. The molecule has 3 nitrogen and oxygen atoms in total. The van der Waals surface area contributed by atoms with E-state index >= 15 is 0 Å². The Labute approximate surface area is 122 Å². The van der Waals surface area contributed by atoms with Crippen molar-refractivity contribution in [1.82, 2.24) is 4.98 Å². The van der Waals surface area contributed by atoms with Crippen molar-refractivity contribution in [3.8, 4) is 11.3 Å². The zero-order valence-corrected chi connectivity index (χ0v) is 11.9. The molecule has 0 fully saturated rings. The summed E-state index contributed by atoms with van der Waals surface area (Å²) >= 11 is 19.1. The Kier molecular flexibility index (Phi) is 4.12. The van der Waals surface area contributed by atoms with Crippen molar-refractivity contribution in [2.24, 2.45) is 0 Å². The first-order chi connectivity index (χ1) is 8.49. The summed E-state index contributed by atoms with van der Waals surface area (Å²) in [5, 5.41) is 11.9. The standard InChI is InChI=1S/C11H6Cl3NO2S/c12-6-2-1-5(10(13)11(6)14)7-4-18-8(15-7)3-9(16)17/h1-2,4H,3H2,(H,16,17). The van der Waals surface area contributed by atoms with Crippen LogP contribution in [0, 0.1) is 0 Å². The zero-order valence-electron chi connectivity index (χ0n) is 8.78. The predicted molar refractivity (Wildman–Crippen MR) is 73.9 cm³/mol. The highest BCUT2D eigenvalue weighted by Gasteiger charge is 2.14. The molecule has 7 heteroatoms. The molecule has 1 aromatic carbocycles. The third-order valence-corrected chi connectivity index (χ3v) is 4.31.